The molecule has 2 aromatic rings. The first-order valence-electron chi connectivity index (χ1n) is 8.66. The van der Waals surface area contributed by atoms with E-state index in [1.54, 1.807) is 23.5 Å². The van der Waals surface area contributed by atoms with Crippen molar-refractivity contribution in [3.63, 3.8) is 0 Å². The number of benzene rings is 2. The highest BCUT2D eigenvalue weighted by Crippen LogP contribution is 2.38. The van der Waals surface area contributed by atoms with Gasteiger partial charge in [0.1, 0.15) is 0 Å². The lowest BCUT2D eigenvalue weighted by Gasteiger charge is -2.14. The Morgan fingerprint density at radius 1 is 0.731 bits per heavy atom. The maximum Gasteiger partial charge on any atom is 0.0611 e. The minimum absolute atomic E-state index is 0.808. The Morgan fingerprint density at radius 2 is 1.31 bits per heavy atom. The minimum atomic E-state index is 0.808. The Labute approximate surface area is 166 Å². The van der Waals surface area contributed by atoms with Gasteiger partial charge in [0.2, 0.25) is 0 Å². The quantitative estimate of drug-likeness (QED) is 0.436. The molecular formula is C20H32N4S2. The Bertz CT molecular complexity index is 708. The van der Waals surface area contributed by atoms with Gasteiger partial charge in [-0.3, -0.25) is 0 Å². The number of rotatable bonds is 4. The minimum Gasteiger partial charge on any atom is -0.398 e. The summed E-state index contributed by atoms with van der Waals surface area (Å²) in [6, 6.07) is 4.12. The van der Waals surface area contributed by atoms with Crippen molar-refractivity contribution in [2.45, 2.75) is 50.3 Å². The first-order chi connectivity index (χ1) is 12.2. The van der Waals surface area contributed by atoms with Gasteiger partial charge >= 0.3 is 0 Å². The van der Waals surface area contributed by atoms with Gasteiger partial charge in [-0.05, 0) is 67.5 Å². The Morgan fingerprint density at radius 3 is 1.77 bits per heavy atom. The first kappa shape index (κ1) is 22.4. The zero-order valence-electron chi connectivity index (χ0n) is 16.7. The summed E-state index contributed by atoms with van der Waals surface area (Å²) in [7, 11) is 0. The van der Waals surface area contributed by atoms with Crippen LogP contribution in [-0.2, 0) is 12.8 Å². The maximum atomic E-state index is 5.99. The molecule has 4 nitrogen and oxygen atoms in total. The number of hydrogen-bond donors (Lipinski definition) is 4. The summed E-state index contributed by atoms with van der Waals surface area (Å²) in [5.74, 6) is 0. The molecule has 0 aliphatic rings. The molecule has 0 aliphatic heterocycles. The Kier molecular flexibility index (Phi) is 8.50. The molecule has 0 unspecified atom stereocenters. The first-order valence-corrected chi connectivity index (χ1v) is 11.1. The van der Waals surface area contributed by atoms with E-state index in [4.69, 9.17) is 22.9 Å². The molecule has 0 saturated carbocycles. The van der Waals surface area contributed by atoms with Crippen LogP contribution in [0.25, 0.3) is 0 Å². The lowest BCUT2D eigenvalue weighted by molar-refractivity contribution is 1.09. The molecule has 2 rings (SSSR count). The molecule has 0 aliphatic carbocycles. The molecule has 8 N–H and O–H groups in total. The summed E-state index contributed by atoms with van der Waals surface area (Å²) in [4.78, 5) is 2.11. The van der Waals surface area contributed by atoms with Crippen molar-refractivity contribution in [1.29, 1.82) is 0 Å². The van der Waals surface area contributed by atoms with Gasteiger partial charge in [0, 0.05) is 16.3 Å². The van der Waals surface area contributed by atoms with Crippen molar-refractivity contribution in [3.05, 3.63) is 34.4 Å². The highest BCUT2D eigenvalue weighted by Gasteiger charge is 2.10. The third-order valence-electron chi connectivity index (χ3n) is 4.50. The second kappa shape index (κ2) is 9.88. The molecule has 2 aromatic carbocycles. The second-order valence-electron chi connectivity index (χ2n) is 6.12. The monoisotopic (exact) mass is 392 g/mol. The summed E-state index contributed by atoms with van der Waals surface area (Å²) >= 11 is 3.26. The van der Waals surface area contributed by atoms with E-state index in [1.165, 1.54) is 5.56 Å². The van der Waals surface area contributed by atoms with Gasteiger partial charge in [0.05, 0.1) is 16.3 Å². The molecule has 0 radical (unpaired) electrons. The van der Waals surface area contributed by atoms with E-state index in [1.807, 2.05) is 32.4 Å². The second-order valence-corrected chi connectivity index (χ2v) is 7.79. The molecule has 0 fully saturated rings. The smallest absolute Gasteiger partial charge is 0.0611 e. The van der Waals surface area contributed by atoms with Crippen molar-refractivity contribution in [2.75, 3.05) is 35.4 Å². The fourth-order valence-corrected chi connectivity index (χ4v) is 4.24. The van der Waals surface area contributed by atoms with Gasteiger partial charge in [-0.2, -0.15) is 0 Å². The van der Waals surface area contributed by atoms with Crippen molar-refractivity contribution in [2.24, 2.45) is 0 Å². The topological polar surface area (TPSA) is 104 Å². The number of nitrogens with two attached hydrogens (primary N) is 4. The number of hydrogen-bond acceptors (Lipinski definition) is 6. The van der Waals surface area contributed by atoms with Crippen LogP contribution in [0, 0.1) is 13.8 Å². The number of nitrogen functional groups attached to an aromatic ring is 4. The average Bonchev–Trinajstić information content (AvgIpc) is 2.63. The number of thioether (sulfide) groups is 2. The van der Waals surface area contributed by atoms with Crippen molar-refractivity contribution >= 4 is 46.3 Å². The third-order valence-corrected chi connectivity index (χ3v) is 6.12. The van der Waals surface area contributed by atoms with Gasteiger partial charge in [0.25, 0.3) is 0 Å². The Balaban J connectivity index is 0.000000260. The normalized spacial score (nSPS) is 10.4. The summed E-state index contributed by atoms with van der Waals surface area (Å²) in [6.45, 7) is 8.24. The van der Waals surface area contributed by atoms with E-state index in [9.17, 15) is 0 Å². The number of anilines is 4. The van der Waals surface area contributed by atoms with Crippen LogP contribution < -0.4 is 22.9 Å². The fraction of sp³-hybridized carbons (Fsp3) is 0.400. The van der Waals surface area contributed by atoms with E-state index in [-0.39, 0.29) is 0 Å². The summed E-state index contributed by atoms with van der Waals surface area (Å²) in [5, 5.41) is 0. The van der Waals surface area contributed by atoms with E-state index >= 15 is 0 Å². The maximum absolute atomic E-state index is 5.99. The van der Waals surface area contributed by atoms with Crippen molar-refractivity contribution in [3.8, 4) is 0 Å². The largest absolute Gasteiger partial charge is 0.398 e. The van der Waals surface area contributed by atoms with Gasteiger partial charge in [-0.25, -0.2) is 0 Å². The lowest BCUT2D eigenvalue weighted by atomic mass is 9.98. The molecule has 6 heteroatoms. The van der Waals surface area contributed by atoms with Crippen LogP contribution >= 0.6 is 23.5 Å². The van der Waals surface area contributed by atoms with Gasteiger partial charge < -0.3 is 22.9 Å². The summed E-state index contributed by atoms with van der Waals surface area (Å²) < 4.78 is 0. The molecule has 144 valence electrons. The molecule has 0 amide bonds. The molecule has 0 aromatic heterocycles. The van der Waals surface area contributed by atoms with E-state index in [0.29, 0.717) is 0 Å². The SMILES string of the molecule is CCc1cc(C)c(N)c(CC)c1N.CSc1cc(C)c(N)c(SC)c1N. The van der Waals surface area contributed by atoms with E-state index in [2.05, 4.69) is 19.9 Å². The van der Waals surface area contributed by atoms with Gasteiger partial charge in [-0.1, -0.05) is 19.9 Å². The van der Waals surface area contributed by atoms with Crippen LogP contribution in [0.1, 0.15) is 36.1 Å². The van der Waals surface area contributed by atoms with E-state index in [0.717, 1.165) is 62.1 Å². The van der Waals surface area contributed by atoms with Crippen LogP contribution in [-0.4, -0.2) is 12.5 Å². The van der Waals surface area contributed by atoms with Crippen LogP contribution in [0.3, 0.4) is 0 Å². The fourth-order valence-electron chi connectivity index (χ4n) is 2.84. The third kappa shape index (κ3) is 4.74. The average molecular weight is 393 g/mol. The molecule has 0 atom stereocenters. The Hall–Kier alpha value is -1.66. The highest BCUT2D eigenvalue weighted by atomic mass is 32.2. The summed E-state index contributed by atoms with van der Waals surface area (Å²) in [5.41, 5.74) is 31.7. The van der Waals surface area contributed by atoms with Gasteiger partial charge in [-0.15, -0.1) is 23.5 Å². The molecule has 26 heavy (non-hydrogen) atoms. The van der Waals surface area contributed by atoms with Crippen LogP contribution in [0.2, 0.25) is 0 Å². The zero-order valence-corrected chi connectivity index (χ0v) is 18.3. The van der Waals surface area contributed by atoms with Crippen LogP contribution in [0.15, 0.2) is 21.9 Å². The molecular weight excluding hydrogens is 360 g/mol. The molecule has 0 heterocycles. The molecule has 0 saturated heterocycles. The number of aryl methyl sites for hydroxylation is 3. The zero-order chi connectivity index (χ0) is 20.0. The molecule has 0 spiro atoms. The van der Waals surface area contributed by atoms with Crippen molar-refractivity contribution in [1.82, 2.24) is 0 Å². The van der Waals surface area contributed by atoms with Crippen molar-refractivity contribution < 1.29 is 0 Å². The standard InChI is InChI=1S/C11H18N2.C9H14N2S2/c1-4-8-6-7(3)10(12)9(5-2)11(8)13;1-5-4-6(12-2)8(11)9(13-3)7(5)10/h6H,4-5,12-13H2,1-3H3;4H,10-11H2,1-3H3. The molecule has 0 bridgehead atoms. The summed E-state index contributed by atoms with van der Waals surface area (Å²) in [6.07, 6.45) is 5.89. The highest BCUT2D eigenvalue weighted by molar-refractivity contribution is 7.99. The predicted molar refractivity (Wildman–Crippen MR) is 122 cm³/mol. The lowest BCUT2D eigenvalue weighted by Crippen LogP contribution is -2.05. The van der Waals surface area contributed by atoms with Crippen LogP contribution in [0.5, 0.6) is 0 Å². The van der Waals surface area contributed by atoms with E-state index < -0.39 is 0 Å². The van der Waals surface area contributed by atoms with Crippen LogP contribution in [0.4, 0.5) is 22.7 Å². The predicted octanol–water partition coefficient (Wildman–Crippen LogP) is 4.89. The van der Waals surface area contributed by atoms with Gasteiger partial charge in [0.15, 0.2) is 0 Å².